The molecule has 168 valence electrons. The van der Waals surface area contributed by atoms with Gasteiger partial charge >= 0.3 is 0 Å². The molecule has 33 heavy (non-hydrogen) atoms. The lowest BCUT2D eigenvalue weighted by Gasteiger charge is -2.35. The molecule has 0 saturated carbocycles. The number of fused-ring (bicyclic) bond motifs is 1. The number of amides is 1. The van der Waals surface area contributed by atoms with Crippen LogP contribution in [0, 0.1) is 0 Å². The summed E-state index contributed by atoms with van der Waals surface area (Å²) in [4.78, 5) is 25.9. The molecule has 2 aromatic carbocycles. The van der Waals surface area contributed by atoms with Crippen LogP contribution < -0.4 is 14.4 Å². The molecule has 10 nitrogen and oxygen atoms in total. The van der Waals surface area contributed by atoms with Crippen LogP contribution in [0.4, 0.5) is 5.82 Å². The van der Waals surface area contributed by atoms with Gasteiger partial charge in [0.05, 0.1) is 19.9 Å². The van der Waals surface area contributed by atoms with E-state index in [4.69, 9.17) is 9.47 Å². The summed E-state index contributed by atoms with van der Waals surface area (Å²) in [5, 5.41) is 8.63. The van der Waals surface area contributed by atoms with Crippen LogP contribution in [0.3, 0.4) is 0 Å². The molecule has 0 radical (unpaired) electrons. The van der Waals surface area contributed by atoms with Crippen molar-refractivity contribution in [1.82, 2.24) is 29.9 Å². The number of piperazine rings is 1. The van der Waals surface area contributed by atoms with Gasteiger partial charge in [0.1, 0.15) is 6.33 Å². The molecule has 10 heteroatoms. The van der Waals surface area contributed by atoms with Gasteiger partial charge in [-0.1, -0.05) is 23.4 Å². The Kier molecular flexibility index (Phi) is 5.47. The number of carbonyl (C=O) groups excluding carboxylic acids is 1. The SMILES string of the molecule is COc1ccc(C(=O)N2CCN(c3ncnc4c3nnn4-c3ccccc3)CC2)cc1OC. The van der Waals surface area contributed by atoms with Crippen molar-refractivity contribution in [3.05, 3.63) is 60.4 Å². The molecular weight excluding hydrogens is 422 g/mol. The average Bonchev–Trinajstić information content (AvgIpc) is 3.33. The van der Waals surface area contributed by atoms with Gasteiger partial charge in [-0.2, -0.15) is 4.68 Å². The highest BCUT2D eigenvalue weighted by atomic mass is 16.5. The third-order valence-corrected chi connectivity index (χ3v) is 5.72. The topological polar surface area (TPSA) is 98.5 Å². The first-order valence-electron chi connectivity index (χ1n) is 10.6. The van der Waals surface area contributed by atoms with Crippen LogP contribution in [0.2, 0.25) is 0 Å². The summed E-state index contributed by atoms with van der Waals surface area (Å²) >= 11 is 0. The minimum absolute atomic E-state index is 0.0431. The molecule has 1 aliphatic rings. The van der Waals surface area contributed by atoms with Crippen molar-refractivity contribution in [1.29, 1.82) is 0 Å². The van der Waals surface area contributed by atoms with E-state index in [2.05, 4.69) is 25.2 Å². The van der Waals surface area contributed by atoms with Crippen molar-refractivity contribution in [2.45, 2.75) is 0 Å². The molecule has 1 aliphatic heterocycles. The average molecular weight is 445 g/mol. The number of aromatic nitrogens is 5. The Labute approximate surface area is 190 Å². The molecule has 0 bridgehead atoms. The van der Waals surface area contributed by atoms with E-state index in [1.54, 1.807) is 37.1 Å². The van der Waals surface area contributed by atoms with Crippen LogP contribution in [0.1, 0.15) is 10.4 Å². The van der Waals surface area contributed by atoms with E-state index in [9.17, 15) is 4.79 Å². The molecule has 0 aliphatic carbocycles. The maximum Gasteiger partial charge on any atom is 0.254 e. The molecule has 0 N–H and O–H groups in total. The first kappa shape index (κ1) is 20.7. The highest BCUT2D eigenvalue weighted by molar-refractivity contribution is 5.95. The Morgan fingerprint density at radius 1 is 0.909 bits per heavy atom. The molecule has 0 unspecified atom stereocenters. The molecule has 1 fully saturated rings. The van der Waals surface area contributed by atoms with Crippen LogP contribution in [-0.2, 0) is 0 Å². The zero-order chi connectivity index (χ0) is 22.8. The largest absolute Gasteiger partial charge is 0.493 e. The number of rotatable bonds is 5. The van der Waals surface area contributed by atoms with Gasteiger partial charge in [-0.05, 0) is 30.3 Å². The lowest BCUT2D eigenvalue weighted by atomic mass is 10.1. The second-order valence-corrected chi connectivity index (χ2v) is 7.56. The van der Waals surface area contributed by atoms with Gasteiger partial charge in [0, 0.05) is 31.7 Å². The molecule has 1 saturated heterocycles. The molecule has 3 heterocycles. The van der Waals surface area contributed by atoms with E-state index in [-0.39, 0.29) is 5.91 Å². The smallest absolute Gasteiger partial charge is 0.254 e. The highest BCUT2D eigenvalue weighted by Gasteiger charge is 2.26. The van der Waals surface area contributed by atoms with E-state index in [0.717, 1.165) is 11.5 Å². The molecule has 0 spiro atoms. The summed E-state index contributed by atoms with van der Waals surface area (Å²) in [5.74, 6) is 1.81. The lowest BCUT2D eigenvalue weighted by Crippen LogP contribution is -2.49. The van der Waals surface area contributed by atoms with Crippen molar-refractivity contribution in [2.75, 3.05) is 45.3 Å². The maximum absolute atomic E-state index is 13.0. The third-order valence-electron chi connectivity index (χ3n) is 5.72. The Morgan fingerprint density at radius 3 is 2.39 bits per heavy atom. The zero-order valence-electron chi connectivity index (χ0n) is 18.4. The molecular formula is C23H23N7O3. The van der Waals surface area contributed by atoms with Gasteiger partial charge < -0.3 is 19.3 Å². The molecule has 2 aromatic heterocycles. The number of para-hydroxylation sites is 1. The van der Waals surface area contributed by atoms with Crippen LogP contribution >= 0.6 is 0 Å². The summed E-state index contributed by atoms with van der Waals surface area (Å²) in [7, 11) is 3.13. The Hall–Kier alpha value is -4.21. The minimum Gasteiger partial charge on any atom is -0.493 e. The molecule has 0 atom stereocenters. The number of hydrogen-bond acceptors (Lipinski definition) is 8. The second kappa shape index (κ2) is 8.73. The van der Waals surface area contributed by atoms with Crippen molar-refractivity contribution in [3.63, 3.8) is 0 Å². The predicted octanol–water partition coefficient (Wildman–Crippen LogP) is 2.19. The number of methoxy groups -OCH3 is 2. The standard InChI is InChI=1S/C23H23N7O3/c1-32-18-9-8-16(14-19(18)33-2)23(31)29-12-10-28(11-13-29)21-20-22(25-15-24-21)30(27-26-20)17-6-4-3-5-7-17/h3-9,14-15H,10-13H2,1-2H3. The van der Waals surface area contributed by atoms with Crippen LogP contribution in [0.25, 0.3) is 16.9 Å². The van der Waals surface area contributed by atoms with Gasteiger partial charge in [0.25, 0.3) is 5.91 Å². The third kappa shape index (κ3) is 3.79. The van der Waals surface area contributed by atoms with Gasteiger partial charge in [-0.3, -0.25) is 4.79 Å². The van der Waals surface area contributed by atoms with Gasteiger partial charge in [-0.15, -0.1) is 5.10 Å². The first-order valence-corrected chi connectivity index (χ1v) is 10.6. The summed E-state index contributed by atoms with van der Waals surface area (Å²) in [5.41, 5.74) is 2.74. The van der Waals surface area contributed by atoms with E-state index in [1.807, 2.05) is 35.2 Å². The van der Waals surface area contributed by atoms with E-state index in [1.165, 1.54) is 6.33 Å². The number of ether oxygens (including phenoxy) is 2. The van der Waals surface area contributed by atoms with Gasteiger partial charge in [0.2, 0.25) is 0 Å². The number of carbonyl (C=O) groups is 1. The second-order valence-electron chi connectivity index (χ2n) is 7.56. The normalized spacial score (nSPS) is 13.9. The van der Waals surface area contributed by atoms with Crippen molar-refractivity contribution >= 4 is 22.9 Å². The number of hydrogen-bond donors (Lipinski definition) is 0. The fraction of sp³-hybridized carbons (Fsp3) is 0.261. The van der Waals surface area contributed by atoms with Crippen LogP contribution in [0.5, 0.6) is 11.5 Å². The van der Waals surface area contributed by atoms with E-state index in [0.29, 0.717) is 54.4 Å². The number of anilines is 1. The van der Waals surface area contributed by atoms with Crippen molar-refractivity contribution in [2.24, 2.45) is 0 Å². The van der Waals surface area contributed by atoms with Crippen LogP contribution in [0.15, 0.2) is 54.9 Å². The quantitative estimate of drug-likeness (QED) is 0.461. The summed E-state index contributed by atoms with van der Waals surface area (Å²) in [6, 6.07) is 15.0. The Morgan fingerprint density at radius 2 is 1.67 bits per heavy atom. The van der Waals surface area contributed by atoms with Crippen molar-refractivity contribution < 1.29 is 14.3 Å². The summed E-state index contributed by atoms with van der Waals surface area (Å²) in [6.07, 6.45) is 1.53. The highest BCUT2D eigenvalue weighted by Crippen LogP contribution is 2.29. The summed E-state index contributed by atoms with van der Waals surface area (Å²) < 4.78 is 12.3. The van der Waals surface area contributed by atoms with Crippen LogP contribution in [-0.4, -0.2) is 76.2 Å². The lowest BCUT2D eigenvalue weighted by molar-refractivity contribution is 0.0746. The van der Waals surface area contributed by atoms with E-state index < -0.39 is 0 Å². The minimum atomic E-state index is -0.0431. The fourth-order valence-electron chi connectivity index (χ4n) is 3.98. The monoisotopic (exact) mass is 445 g/mol. The molecule has 1 amide bonds. The van der Waals surface area contributed by atoms with E-state index >= 15 is 0 Å². The first-order chi connectivity index (χ1) is 16.2. The fourth-order valence-corrected chi connectivity index (χ4v) is 3.98. The summed E-state index contributed by atoms with van der Waals surface area (Å²) in [6.45, 7) is 2.38. The molecule has 5 rings (SSSR count). The van der Waals surface area contributed by atoms with Crippen molar-refractivity contribution in [3.8, 4) is 17.2 Å². The number of nitrogens with zero attached hydrogens (tertiary/aromatic N) is 7. The predicted molar refractivity (Wildman–Crippen MR) is 122 cm³/mol. The maximum atomic E-state index is 13.0. The molecule has 4 aromatic rings. The van der Waals surface area contributed by atoms with Gasteiger partial charge in [0.15, 0.2) is 28.5 Å². The van der Waals surface area contributed by atoms with Gasteiger partial charge in [-0.25, -0.2) is 9.97 Å². The number of benzene rings is 2. The zero-order valence-corrected chi connectivity index (χ0v) is 18.4. The Balaban J connectivity index is 1.33. The Bertz CT molecular complexity index is 1280.